The molecule has 0 aromatic rings. The van der Waals surface area contributed by atoms with Crippen LogP contribution in [0.1, 0.15) is 162 Å². The number of hydrogen-bond acceptors (Lipinski definition) is 4. The van der Waals surface area contributed by atoms with Gasteiger partial charge in [0.15, 0.2) is 0 Å². The maximum absolute atomic E-state index is 12.6. The second-order valence-electron chi connectivity index (χ2n) is 12.1. The van der Waals surface area contributed by atoms with E-state index in [1.807, 2.05) is 6.08 Å². The van der Waals surface area contributed by atoms with Gasteiger partial charge in [0.05, 0.1) is 0 Å². The van der Waals surface area contributed by atoms with Crippen LogP contribution in [0.4, 0.5) is 0 Å². The predicted molar refractivity (Wildman–Crippen MR) is 194 cm³/mol. The monoisotopic (exact) mass is 642 g/mol. The van der Waals surface area contributed by atoms with Gasteiger partial charge in [-0.25, -0.2) is 0 Å². The number of carboxylic acids is 1. The molecular weight excluding hydrogens is 574 g/mol. The maximum Gasteiger partial charge on any atom is 0.322 e. The average molecular weight is 642 g/mol. The van der Waals surface area contributed by atoms with E-state index in [-0.39, 0.29) is 24.5 Å². The van der Waals surface area contributed by atoms with E-state index in [2.05, 4.69) is 73.8 Å². The Morgan fingerprint density at radius 2 is 1.11 bits per heavy atom. The van der Waals surface area contributed by atoms with Crippen LogP contribution < -0.4 is 5.32 Å². The van der Waals surface area contributed by atoms with Crippen molar-refractivity contribution in [1.29, 1.82) is 0 Å². The number of amides is 1. The first-order valence-electron chi connectivity index (χ1n) is 18.4. The number of esters is 1. The topological polar surface area (TPSA) is 92.7 Å². The summed E-state index contributed by atoms with van der Waals surface area (Å²) in [5.74, 6) is -1.35. The van der Waals surface area contributed by atoms with Crippen molar-refractivity contribution in [2.75, 3.05) is 6.54 Å². The predicted octanol–water partition coefficient (Wildman–Crippen LogP) is 10.9. The van der Waals surface area contributed by atoms with Crippen molar-refractivity contribution < 1.29 is 24.2 Å². The summed E-state index contributed by atoms with van der Waals surface area (Å²) in [6, 6.07) is 0. The molecule has 0 aliphatic rings. The summed E-state index contributed by atoms with van der Waals surface area (Å²) in [4.78, 5) is 34.8. The molecule has 6 nitrogen and oxygen atoms in total. The van der Waals surface area contributed by atoms with Crippen LogP contribution in [-0.2, 0) is 19.1 Å². The van der Waals surface area contributed by atoms with E-state index in [9.17, 15) is 14.4 Å². The molecule has 0 aliphatic carbocycles. The molecule has 0 radical (unpaired) electrons. The maximum atomic E-state index is 12.6. The lowest BCUT2D eigenvalue weighted by Gasteiger charge is -2.14. The number of unbranched alkanes of at least 4 members (excludes halogenated alkanes) is 13. The van der Waals surface area contributed by atoms with Crippen molar-refractivity contribution in [3.63, 3.8) is 0 Å². The highest BCUT2D eigenvalue weighted by Gasteiger charge is 2.11. The lowest BCUT2D eigenvalue weighted by Crippen LogP contribution is -2.28. The number of hydrogen-bond donors (Lipinski definition) is 2. The second kappa shape index (κ2) is 35.0. The fourth-order valence-electron chi connectivity index (χ4n) is 4.89. The molecule has 0 bridgehead atoms. The SMILES string of the molecule is CCC/C=C\C/C=C\CCCCCCCC(=O)OC(/C=C\C/C=C\C/C=C\CCCCC)CCCCCCCC(=O)NCC(=O)O. The second-order valence-corrected chi connectivity index (χ2v) is 12.1. The van der Waals surface area contributed by atoms with E-state index in [0.717, 1.165) is 96.3 Å². The van der Waals surface area contributed by atoms with E-state index in [1.165, 1.54) is 38.5 Å². The van der Waals surface area contributed by atoms with Crippen molar-refractivity contribution in [3.05, 3.63) is 60.8 Å². The zero-order valence-electron chi connectivity index (χ0n) is 29.4. The lowest BCUT2D eigenvalue weighted by molar-refractivity contribution is -0.147. The van der Waals surface area contributed by atoms with Crippen molar-refractivity contribution in [2.45, 2.75) is 168 Å². The summed E-state index contributed by atoms with van der Waals surface area (Å²) >= 11 is 0. The van der Waals surface area contributed by atoms with Gasteiger partial charge in [-0.3, -0.25) is 14.4 Å². The molecule has 1 unspecified atom stereocenters. The Morgan fingerprint density at radius 1 is 0.587 bits per heavy atom. The summed E-state index contributed by atoms with van der Waals surface area (Å²) in [7, 11) is 0. The van der Waals surface area contributed by atoms with Gasteiger partial charge in [-0.1, -0.05) is 126 Å². The zero-order chi connectivity index (χ0) is 33.8. The standard InChI is InChI=1S/C40H67NO5/c1-3-5-7-9-11-13-15-16-18-20-22-27-31-35-40(45)46-37(32-28-24-21-19-17-14-12-10-8-6-4-2)33-29-25-23-26-30-34-38(42)41-36-39(43)44/h7,9,12-15,19,21,28,32,37H,3-6,8,10-11,16-18,20,22-27,29-31,33-36H2,1-2H3,(H,41,42)(H,43,44)/b9-7-,14-12-,15-13-,21-19-,32-28-. The highest BCUT2D eigenvalue weighted by atomic mass is 16.5. The number of allylic oxidation sites excluding steroid dienone is 9. The first kappa shape index (κ1) is 43.1. The van der Waals surface area contributed by atoms with E-state index in [4.69, 9.17) is 9.84 Å². The average Bonchev–Trinajstić information content (AvgIpc) is 3.04. The smallest absolute Gasteiger partial charge is 0.322 e. The van der Waals surface area contributed by atoms with Gasteiger partial charge in [-0.05, 0) is 83.1 Å². The third kappa shape index (κ3) is 34.0. The van der Waals surface area contributed by atoms with E-state index >= 15 is 0 Å². The van der Waals surface area contributed by atoms with Crippen molar-refractivity contribution in [3.8, 4) is 0 Å². The Labute approximate surface area is 281 Å². The molecule has 46 heavy (non-hydrogen) atoms. The highest BCUT2D eigenvalue weighted by molar-refractivity contribution is 5.80. The summed E-state index contributed by atoms with van der Waals surface area (Å²) in [5, 5.41) is 11.0. The number of carbonyl (C=O) groups is 3. The van der Waals surface area contributed by atoms with Crippen LogP contribution in [0.25, 0.3) is 0 Å². The Bertz CT molecular complexity index is 886. The number of nitrogens with one attached hydrogen (secondary N) is 1. The largest absolute Gasteiger partial charge is 0.480 e. The molecule has 0 rings (SSSR count). The molecule has 0 aliphatic heterocycles. The molecule has 0 aromatic carbocycles. The van der Waals surface area contributed by atoms with E-state index in [0.29, 0.717) is 12.8 Å². The quantitative estimate of drug-likeness (QED) is 0.0433. The van der Waals surface area contributed by atoms with E-state index < -0.39 is 5.97 Å². The molecule has 0 saturated carbocycles. The normalized spacial score (nSPS) is 12.7. The molecule has 0 heterocycles. The van der Waals surface area contributed by atoms with Gasteiger partial charge in [0.1, 0.15) is 12.6 Å². The van der Waals surface area contributed by atoms with Crippen LogP contribution in [-0.4, -0.2) is 35.6 Å². The van der Waals surface area contributed by atoms with Crippen LogP contribution in [0.5, 0.6) is 0 Å². The third-order valence-electron chi connectivity index (χ3n) is 7.63. The van der Waals surface area contributed by atoms with Gasteiger partial charge in [0.25, 0.3) is 0 Å². The molecule has 0 fully saturated rings. The fraction of sp³-hybridized carbons (Fsp3) is 0.675. The van der Waals surface area contributed by atoms with Gasteiger partial charge in [-0.2, -0.15) is 0 Å². The minimum atomic E-state index is -1.03. The molecule has 1 amide bonds. The molecule has 2 N–H and O–H groups in total. The molecule has 6 heteroatoms. The van der Waals surface area contributed by atoms with Crippen molar-refractivity contribution in [1.82, 2.24) is 5.32 Å². The minimum absolute atomic E-state index is 0.107. The van der Waals surface area contributed by atoms with Gasteiger partial charge >= 0.3 is 11.9 Å². The Morgan fingerprint density at radius 3 is 1.74 bits per heavy atom. The van der Waals surface area contributed by atoms with Crippen LogP contribution in [0.2, 0.25) is 0 Å². The van der Waals surface area contributed by atoms with Crippen LogP contribution in [0.3, 0.4) is 0 Å². The molecule has 0 aromatic heterocycles. The Hall–Kier alpha value is -2.89. The number of carboxylic acid groups (broad SMARTS) is 1. The summed E-state index contributed by atoms with van der Waals surface area (Å²) in [6.45, 7) is 4.10. The summed E-state index contributed by atoms with van der Waals surface area (Å²) < 4.78 is 5.88. The lowest BCUT2D eigenvalue weighted by atomic mass is 10.1. The highest BCUT2D eigenvalue weighted by Crippen LogP contribution is 2.14. The zero-order valence-corrected chi connectivity index (χ0v) is 29.4. The van der Waals surface area contributed by atoms with Gasteiger partial charge < -0.3 is 15.2 Å². The molecule has 0 spiro atoms. The van der Waals surface area contributed by atoms with E-state index in [1.54, 1.807) is 0 Å². The number of carbonyl (C=O) groups excluding carboxylic acids is 2. The van der Waals surface area contributed by atoms with Gasteiger partial charge in [0, 0.05) is 12.8 Å². The van der Waals surface area contributed by atoms with Crippen LogP contribution in [0.15, 0.2) is 60.8 Å². The third-order valence-corrected chi connectivity index (χ3v) is 7.63. The first-order chi connectivity index (χ1) is 22.5. The van der Waals surface area contributed by atoms with Crippen LogP contribution >= 0.6 is 0 Å². The Kier molecular flexibility index (Phi) is 32.8. The summed E-state index contributed by atoms with van der Waals surface area (Å²) in [5.41, 5.74) is 0. The van der Waals surface area contributed by atoms with Crippen molar-refractivity contribution >= 4 is 17.8 Å². The van der Waals surface area contributed by atoms with Crippen molar-refractivity contribution in [2.24, 2.45) is 0 Å². The van der Waals surface area contributed by atoms with Crippen LogP contribution in [0, 0.1) is 0 Å². The molecular formula is C40H67NO5. The molecule has 262 valence electrons. The molecule has 1 atom stereocenters. The minimum Gasteiger partial charge on any atom is -0.480 e. The number of aliphatic carboxylic acids is 1. The number of ether oxygens (including phenoxy) is 1. The first-order valence-corrected chi connectivity index (χ1v) is 18.4. The van der Waals surface area contributed by atoms with Gasteiger partial charge in [-0.15, -0.1) is 0 Å². The summed E-state index contributed by atoms with van der Waals surface area (Å²) in [6.07, 6.45) is 44.9. The number of rotatable bonds is 32. The Balaban J connectivity index is 4.37. The van der Waals surface area contributed by atoms with Gasteiger partial charge in [0.2, 0.25) is 5.91 Å². The fourth-order valence-corrected chi connectivity index (χ4v) is 4.89. The molecule has 0 saturated heterocycles.